The van der Waals surface area contributed by atoms with Crippen LogP contribution < -0.4 is 15.2 Å². The molecule has 1 heterocycles. The lowest BCUT2D eigenvalue weighted by atomic mass is 9.95. The van der Waals surface area contributed by atoms with Crippen molar-refractivity contribution in [3.63, 3.8) is 0 Å². The highest BCUT2D eigenvalue weighted by atomic mass is 19.1. The molecule has 0 amide bonds. The molecule has 1 aliphatic heterocycles. The Balaban J connectivity index is 1.96. The molecule has 0 radical (unpaired) electrons. The lowest BCUT2D eigenvalue weighted by Crippen LogP contribution is -2.13. The van der Waals surface area contributed by atoms with Crippen molar-refractivity contribution in [1.82, 2.24) is 0 Å². The van der Waals surface area contributed by atoms with Crippen LogP contribution in [-0.2, 0) is 0 Å². The smallest absolute Gasteiger partial charge is 0.161 e. The summed E-state index contributed by atoms with van der Waals surface area (Å²) in [5, 5.41) is 0. The fourth-order valence-electron chi connectivity index (χ4n) is 2.50. The molecular weight excluding hydrogens is 269 g/mol. The molecule has 1 atom stereocenters. The van der Waals surface area contributed by atoms with E-state index in [2.05, 4.69) is 0 Å². The highest BCUT2D eigenvalue weighted by molar-refractivity contribution is 5.47. The van der Waals surface area contributed by atoms with Gasteiger partial charge in [-0.25, -0.2) is 4.39 Å². The average Bonchev–Trinajstić information content (AvgIpc) is 2.73. The molecule has 0 aromatic heterocycles. The topological polar surface area (TPSA) is 44.5 Å². The Kier molecular flexibility index (Phi) is 3.80. The molecule has 2 aromatic rings. The maximum atomic E-state index is 13.4. The van der Waals surface area contributed by atoms with Crippen LogP contribution in [0.2, 0.25) is 0 Å². The maximum Gasteiger partial charge on any atom is 0.161 e. The van der Waals surface area contributed by atoms with Crippen molar-refractivity contribution in [1.29, 1.82) is 0 Å². The van der Waals surface area contributed by atoms with E-state index in [0.717, 1.165) is 28.9 Å². The molecule has 0 saturated heterocycles. The predicted molar refractivity (Wildman–Crippen MR) is 79.2 cm³/mol. The van der Waals surface area contributed by atoms with Crippen molar-refractivity contribution in [3.05, 3.63) is 58.9 Å². The van der Waals surface area contributed by atoms with Crippen LogP contribution in [0, 0.1) is 12.7 Å². The summed E-state index contributed by atoms with van der Waals surface area (Å²) in [6.07, 6.45) is 0.860. The second-order valence-corrected chi connectivity index (χ2v) is 5.24. The van der Waals surface area contributed by atoms with E-state index in [9.17, 15) is 4.39 Å². The number of ether oxygens (including phenoxy) is 2. The van der Waals surface area contributed by atoms with Gasteiger partial charge in [0.1, 0.15) is 5.82 Å². The molecule has 0 fully saturated rings. The number of aryl methyl sites for hydroxylation is 1. The largest absolute Gasteiger partial charge is 0.490 e. The normalized spacial score (nSPS) is 15.4. The molecule has 1 aliphatic rings. The SMILES string of the molecule is Cc1ccc(F)cc1C(N)c1ccc2c(c1)OCCCO2. The molecule has 4 heteroatoms. The van der Waals surface area contributed by atoms with Gasteiger partial charge in [0.2, 0.25) is 0 Å². The molecule has 0 spiro atoms. The van der Waals surface area contributed by atoms with Gasteiger partial charge < -0.3 is 15.2 Å². The minimum Gasteiger partial charge on any atom is -0.490 e. The summed E-state index contributed by atoms with van der Waals surface area (Å²) in [7, 11) is 0. The van der Waals surface area contributed by atoms with Gasteiger partial charge in [-0.05, 0) is 47.9 Å². The Morgan fingerprint density at radius 1 is 1.05 bits per heavy atom. The lowest BCUT2D eigenvalue weighted by molar-refractivity contribution is 0.297. The quantitative estimate of drug-likeness (QED) is 0.921. The highest BCUT2D eigenvalue weighted by Crippen LogP contribution is 2.34. The first-order valence-corrected chi connectivity index (χ1v) is 7.06. The predicted octanol–water partition coefficient (Wildman–Crippen LogP) is 3.34. The van der Waals surface area contributed by atoms with E-state index < -0.39 is 6.04 Å². The van der Waals surface area contributed by atoms with Gasteiger partial charge in [0.05, 0.1) is 19.3 Å². The standard InChI is InChI=1S/C17H18FNO2/c1-11-3-5-13(18)10-14(11)17(19)12-4-6-15-16(9-12)21-8-2-7-20-15/h3-6,9-10,17H,2,7-8,19H2,1H3. The second kappa shape index (κ2) is 5.74. The van der Waals surface area contributed by atoms with Gasteiger partial charge in [-0.3, -0.25) is 0 Å². The van der Waals surface area contributed by atoms with E-state index in [1.807, 2.05) is 25.1 Å². The van der Waals surface area contributed by atoms with Gasteiger partial charge in [-0.15, -0.1) is 0 Å². The van der Waals surface area contributed by atoms with E-state index in [-0.39, 0.29) is 5.82 Å². The van der Waals surface area contributed by atoms with Gasteiger partial charge in [0.15, 0.2) is 11.5 Å². The third-order valence-corrected chi connectivity index (χ3v) is 3.71. The first-order valence-electron chi connectivity index (χ1n) is 7.06. The first kappa shape index (κ1) is 13.9. The molecule has 2 aromatic carbocycles. The minimum atomic E-state index is -0.391. The van der Waals surface area contributed by atoms with Crippen molar-refractivity contribution in [2.45, 2.75) is 19.4 Å². The lowest BCUT2D eigenvalue weighted by Gasteiger charge is -2.17. The Bertz CT molecular complexity index is 657. The molecule has 21 heavy (non-hydrogen) atoms. The summed E-state index contributed by atoms with van der Waals surface area (Å²) < 4.78 is 24.7. The minimum absolute atomic E-state index is 0.277. The number of fused-ring (bicyclic) bond motifs is 1. The fraction of sp³-hybridized carbons (Fsp3) is 0.294. The molecule has 1 unspecified atom stereocenters. The summed E-state index contributed by atoms with van der Waals surface area (Å²) in [6.45, 7) is 3.21. The van der Waals surface area contributed by atoms with Crippen molar-refractivity contribution >= 4 is 0 Å². The zero-order chi connectivity index (χ0) is 14.8. The Morgan fingerprint density at radius 2 is 1.81 bits per heavy atom. The third kappa shape index (κ3) is 2.85. The van der Waals surface area contributed by atoms with Crippen molar-refractivity contribution in [2.75, 3.05) is 13.2 Å². The van der Waals surface area contributed by atoms with Crippen LogP contribution in [0.5, 0.6) is 11.5 Å². The first-order chi connectivity index (χ1) is 10.1. The molecule has 3 rings (SSSR count). The van der Waals surface area contributed by atoms with E-state index in [1.165, 1.54) is 12.1 Å². The van der Waals surface area contributed by atoms with Crippen molar-refractivity contribution < 1.29 is 13.9 Å². The zero-order valence-electron chi connectivity index (χ0n) is 11.9. The second-order valence-electron chi connectivity index (χ2n) is 5.24. The van der Waals surface area contributed by atoms with Gasteiger partial charge in [-0.2, -0.15) is 0 Å². The summed E-state index contributed by atoms with van der Waals surface area (Å²) in [6, 6.07) is 9.94. The van der Waals surface area contributed by atoms with E-state index >= 15 is 0 Å². The van der Waals surface area contributed by atoms with Crippen LogP contribution in [-0.4, -0.2) is 13.2 Å². The number of benzene rings is 2. The Hall–Kier alpha value is -2.07. The third-order valence-electron chi connectivity index (χ3n) is 3.71. The van der Waals surface area contributed by atoms with Gasteiger partial charge in [0.25, 0.3) is 0 Å². The number of hydrogen-bond acceptors (Lipinski definition) is 3. The van der Waals surface area contributed by atoms with E-state index in [1.54, 1.807) is 6.07 Å². The van der Waals surface area contributed by atoms with Gasteiger partial charge in [-0.1, -0.05) is 12.1 Å². The maximum absolute atomic E-state index is 13.4. The van der Waals surface area contributed by atoms with E-state index in [0.29, 0.717) is 19.0 Å². The van der Waals surface area contributed by atoms with Crippen molar-refractivity contribution in [2.24, 2.45) is 5.73 Å². The molecule has 0 aliphatic carbocycles. The summed E-state index contributed by atoms with van der Waals surface area (Å²) in [5.74, 6) is 1.16. The highest BCUT2D eigenvalue weighted by Gasteiger charge is 2.16. The average molecular weight is 287 g/mol. The zero-order valence-corrected chi connectivity index (χ0v) is 11.9. The van der Waals surface area contributed by atoms with Crippen LogP contribution >= 0.6 is 0 Å². The van der Waals surface area contributed by atoms with Crippen LogP contribution in [0.15, 0.2) is 36.4 Å². The molecule has 3 nitrogen and oxygen atoms in total. The Labute approximate surface area is 123 Å². The van der Waals surface area contributed by atoms with Gasteiger partial charge in [0, 0.05) is 6.42 Å². The van der Waals surface area contributed by atoms with Crippen LogP contribution in [0.3, 0.4) is 0 Å². The summed E-state index contributed by atoms with van der Waals surface area (Å²) in [5.41, 5.74) is 8.93. The van der Waals surface area contributed by atoms with Gasteiger partial charge >= 0.3 is 0 Å². The van der Waals surface area contributed by atoms with E-state index in [4.69, 9.17) is 15.2 Å². The Morgan fingerprint density at radius 3 is 2.62 bits per heavy atom. The number of hydrogen-bond donors (Lipinski definition) is 1. The number of halogens is 1. The summed E-state index contributed by atoms with van der Waals surface area (Å²) >= 11 is 0. The molecule has 0 saturated carbocycles. The molecule has 2 N–H and O–H groups in total. The monoisotopic (exact) mass is 287 g/mol. The molecule has 0 bridgehead atoms. The number of nitrogens with two attached hydrogens (primary N) is 1. The number of rotatable bonds is 2. The van der Waals surface area contributed by atoms with Crippen LogP contribution in [0.1, 0.15) is 29.2 Å². The molecular formula is C17H18FNO2. The molecule has 110 valence electrons. The fourth-order valence-corrected chi connectivity index (χ4v) is 2.50. The van der Waals surface area contributed by atoms with Crippen molar-refractivity contribution in [3.8, 4) is 11.5 Å². The summed E-state index contributed by atoms with van der Waals surface area (Å²) in [4.78, 5) is 0. The van der Waals surface area contributed by atoms with Crippen LogP contribution in [0.4, 0.5) is 4.39 Å². The van der Waals surface area contributed by atoms with Crippen LogP contribution in [0.25, 0.3) is 0 Å².